The highest BCUT2D eigenvalue weighted by Gasteiger charge is 2.38. The smallest absolute Gasteiger partial charge is 0.407 e. The van der Waals surface area contributed by atoms with E-state index in [-0.39, 0.29) is 11.9 Å². The molecule has 1 saturated carbocycles. The van der Waals surface area contributed by atoms with Crippen molar-refractivity contribution in [3.05, 3.63) is 0 Å². The van der Waals surface area contributed by atoms with Gasteiger partial charge in [-0.25, -0.2) is 4.79 Å². The predicted octanol–water partition coefficient (Wildman–Crippen LogP) is 0.824. The molecule has 1 unspecified atom stereocenters. The van der Waals surface area contributed by atoms with Gasteiger partial charge in [-0.15, -0.1) is 0 Å². The Morgan fingerprint density at radius 2 is 1.89 bits per heavy atom. The molecule has 0 spiro atoms. The summed E-state index contributed by atoms with van der Waals surface area (Å²) >= 11 is 0. The van der Waals surface area contributed by atoms with Crippen molar-refractivity contribution in [2.45, 2.75) is 51.4 Å². The molecular weight excluding hydrogens is 238 g/mol. The lowest BCUT2D eigenvalue weighted by Gasteiger charge is -2.22. The molecule has 104 valence electrons. The van der Waals surface area contributed by atoms with Gasteiger partial charge in [-0.3, -0.25) is 4.79 Å². The molecule has 0 aromatic carbocycles. The summed E-state index contributed by atoms with van der Waals surface area (Å²) in [5.74, 6) is -0.729. The number of aliphatic hydroxyl groups is 1. The molecule has 0 radical (unpaired) electrons. The standard InChI is InChI=1S/C12H21NO5/c1-12(2,3)18-11(16)13-8-5-7(6-9(8)14)10(15)17-4/h7-9,14H,5-6H2,1-4H3,(H,13,16)/t7-,8-,9?/m1/s1. The molecule has 0 bridgehead atoms. The van der Waals surface area contributed by atoms with Crippen molar-refractivity contribution in [1.29, 1.82) is 0 Å². The van der Waals surface area contributed by atoms with Gasteiger partial charge in [0.2, 0.25) is 0 Å². The third-order valence-electron chi connectivity index (χ3n) is 2.77. The number of hydrogen-bond donors (Lipinski definition) is 2. The second-order valence-electron chi connectivity index (χ2n) is 5.51. The summed E-state index contributed by atoms with van der Waals surface area (Å²) in [4.78, 5) is 22.9. The Morgan fingerprint density at radius 1 is 1.28 bits per heavy atom. The normalized spacial score (nSPS) is 27.7. The molecule has 0 aliphatic heterocycles. The van der Waals surface area contributed by atoms with Crippen molar-refractivity contribution < 1.29 is 24.2 Å². The van der Waals surface area contributed by atoms with Crippen LogP contribution in [0.5, 0.6) is 0 Å². The molecule has 1 fully saturated rings. The van der Waals surface area contributed by atoms with E-state index in [0.717, 1.165) is 0 Å². The Balaban J connectivity index is 2.49. The number of methoxy groups -OCH3 is 1. The molecule has 0 aromatic rings. The van der Waals surface area contributed by atoms with E-state index in [2.05, 4.69) is 10.1 Å². The maximum Gasteiger partial charge on any atom is 0.407 e. The van der Waals surface area contributed by atoms with E-state index in [9.17, 15) is 14.7 Å². The van der Waals surface area contributed by atoms with E-state index in [1.807, 2.05) is 0 Å². The molecule has 6 heteroatoms. The molecule has 18 heavy (non-hydrogen) atoms. The van der Waals surface area contributed by atoms with Gasteiger partial charge in [-0.05, 0) is 33.6 Å². The number of alkyl carbamates (subject to hydrolysis) is 1. The highest BCUT2D eigenvalue weighted by atomic mass is 16.6. The summed E-state index contributed by atoms with van der Waals surface area (Å²) in [5.41, 5.74) is -0.588. The minimum absolute atomic E-state index is 0.299. The maximum absolute atomic E-state index is 11.5. The maximum atomic E-state index is 11.5. The van der Waals surface area contributed by atoms with Crippen LogP contribution < -0.4 is 5.32 Å². The predicted molar refractivity (Wildman–Crippen MR) is 63.9 cm³/mol. The largest absolute Gasteiger partial charge is 0.469 e. The van der Waals surface area contributed by atoms with Gasteiger partial charge in [0.15, 0.2) is 0 Å². The number of aliphatic hydroxyl groups excluding tert-OH is 1. The quantitative estimate of drug-likeness (QED) is 0.717. The fraction of sp³-hybridized carbons (Fsp3) is 0.833. The van der Waals surface area contributed by atoms with E-state index >= 15 is 0 Å². The van der Waals surface area contributed by atoms with Crippen LogP contribution in [0.1, 0.15) is 33.6 Å². The van der Waals surface area contributed by atoms with Crippen LogP contribution in [0.3, 0.4) is 0 Å². The first-order valence-corrected chi connectivity index (χ1v) is 5.98. The topological polar surface area (TPSA) is 84.9 Å². The first kappa shape index (κ1) is 14.8. The van der Waals surface area contributed by atoms with Gasteiger partial charge < -0.3 is 19.9 Å². The fourth-order valence-corrected chi connectivity index (χ4v) is 1.99. The fourth-order valence-electron chi connectivity index (χ4n) is 1.99. The van der Waals surface area contributed by atoms with E-state index in [1.54, 1.807) is 20.8 Å². The summed E-state index contributed by atoms with van der Waals surface area (Å²) in [6.45, 7) is 5.28. The molecule has 6 nitrogen and oxygen atoms in total. The lowest BCUT2D eigenvalue weighted by molar-refractivity contribution is -0.145. The molecule has 1 rings (SSSR count). The van der Waals surface area contributed by atoms with Gasteiger partial charge in [-0.2, -0.15) is 0 Å². The van der Waals surface area contributed by atoms with Crippen molar-refractivity contribution >= 4 is 12.1 Å². The third kappa shape index (κ3) is 4.18. The molecule has 1 aliphatic rings. The Morgan fingerprint density at radius 3 is 2.39 bits per heavy atom. The van der Waals surface area contributed by atoms with Crippen LogP contribution in [0.25, 0.3) is 0 Å². The van der Waals surface area contributed by atoms with Crippen LogP contribution in [0.15, 0.2) is 0 Å². The van der Waals surface area contributed by atoms with Crippen molar-refractivity contribution in [3.8, 4) is 0 Å². The molecule has 1 amide bonds. The number of nitrogens with one attached hydrogen (secondary N) is 1. The highest BCUT2D eigenvalue weighted by molar-refractivity contribution is 5.73. The van der Waals surface area contributed by atoms with E-state index < -0.39 is 23.8 Å². The molecular formula is C12H21NO5. The van der Waals surface area contributed by atoms with Crippen LogP contribution in [0.2, 0.25) is 0 Å². The van der Waals surface area contributed by atoms with Gasteiger partial charge in [0.1, 0.15) is 5.60 Å². The number of carbonyl (C=O) groups excluding carboxylic acids is 2. The molecule has 0 saturated heterocycles. The minimum atomic E-state index is -0.749. The SMILES string of the molecule is COC(=O)[C@H]1CC(O)[C@H](NC(=O)OC(C)(C)C)C1. The average molecular weight is 259 g/mol. The van der Waals surface area contributed by atoms with Crippen LogP contribution >= 0.6 is 0 Å². The molecule has 3 atom stereocenters. The summed E-state index contributed by atoms with van der Waals surface area (Å²) in [7, 11) is 1.31. The van der Waals surface area contributed by atoms with Crippen molar-refractivity contribution in [3.63, 3.8) is 0 Å². The van der Waals surface area contributed by atoms with Gasteiger partial charge >= 0.3 is 12.1 Å². The van der Waals surface area contributed by atoms with Gasteiger partial charge in [0.25, 0.3) is 0 Å². The zero-order valence-corrected chi connectivity index (χ0v) is 11.2. The van der Waals surface area contributed by atoms with Crippen molar-refractivity contribution in [2.24, 2.45) is 5.92 Å². The van der Waals surface area contributed by atoms with E-state index in [1.165, 1.54) is 7.11 Å². The Hall–Kier alpha value is -1.30. The minimum Gasteiger partial charge on any atom is -0.469 e. The van der Waals surface area contributed by atoms with Crippen LogP contribution in [-0.2, 0) is 14.3 Å². The molecule has 0 heterocycles. The number of carbonyl (C=O) groups is 2. The monoisotopic (exact) mass is 259 g/mol. The highest BCUT2D eigenvalue weighted by Crippen LogP contribution is 2.27. The lowest BCUT2D eigenvalue weighted by atomic mass is 10.1. The number of rotatable bonds is 2. The number of esters is 1. The van der Waals surface area contributed by atoms with Gasteiger partial charge in [-0.1, -0.05) is 0 Å². The molecule has 2 N–H and O–H groups in total. The van der Waals surface area contributed by atoms with Crippen LogP contribution in [-0.4, -0.2) is 42.0 Å². The third-order valence-corrected chi connectivity index (χ3v) is 2.77. The second kappa shape index (κ2) is 5.56. The summed E-state index contributed by atoms with van der Waals surface area (Å²) in [5, 5.41) is 12.3. The Labute approximate surface area is 107 Å². The summed E-state index contributed by atoms with van der Waals surface area (Å²) in [6.07, 6.45) is -0.668. The van der Waals surface area contributed by atoms with E-state index in [4.69, 9.17) is 4.74 Å². The van der Waals surface area contributed by atoms with Crippen molar-refractivity contribution in [2.75, 3.05) is 7.11 Å². The number of hydrogen-bond acceptors (Lipinski definition) is 5. The summed E-state index contributed by atoms with van der Waals surface area (Å²) in [6, 6.07) is -0.469. The van der Waals surface area contributed by atoms with Gasteiger partial charge in [0.05, 0.1) is 25.2 Å². The van der Waals surface area contributed by atoms with E-state index in [0.29, 0.717) is 12.8 Å². The number of ether oxygens (including phenoxy) is 2. The zero-order valence-electron chi connectivity index (χ0n) is 11.2. The lowest BCUT2D eigenvalue weighted by Crippen LogP contribution is -2.42. The van der Waals surface area contributed by atoms with Gasteiger partial charge in [0, 0.05) is 0 Å². The van der Waals surface area contributed by atoms with Crippen LogP contribution in [0.4, 0.5) is 4.79 Å². The second-order valence-corrected chi connectivity index (χ2v) is 5.51. The average Bonchev–Trinajstić information content (AvgIpc) is 2.56. The molecule has 1 aliphatic carbocycles. The van der Waals surface area contributed by atoms with Crippen molar-refractivity contribution in [1.82, 2.24) is 5.32 Å². The number of amides is 1. The first-order valence-electron chi connectivity index (χ1n) is 5.98. The zero-order chi connectivity index (χ0) is 13.9. The molecule has 0 aromatic heterocycles. The first-order chi connectivity index (χ1) is 8.23. The van der Waals surface area contributed by atoms with Crippen LogP contribution in [0, 0.1) is 5.92 Å². The Bertz CT molecular complexity index is 323. The summed E-state index contributed by atoms with van der Waals surface area (Å²) < 4.78 is 9.72. The Kier molecular flexibility index (Phi) is 4.56.